The number of anilines is 2. The number of aliphatic hydroxyl groups excluding tert-OH is 1. The number of fused-ring (bicyclic) bond motifs is 2. The Morgan fingerprint density at radius 1 is 1.21 bits per heavy atom. The highest BCUT2D eigenvalue weighted by atomic mass is 32.2. The van der Waals surface area contributed by atoms with E-state index in [0.717, 1.165) is 49.3 Å². The van der Waals surface area contributed by atoms with E-state index in [-0.39, 0.29) is 6.23 Å². The number of benzene rings is 1. The summed E-state index contributed by atoms with van der Waals surface area (Å²) in [6.45, 7) is 6.57. The van der Waals surface area contributed by atoms with Gasteiger partial charge in [-0.25, -0.2) is 9.97 Å². The fraction of sp³-hybridized carbons (Fsp3) is 0.412. The van der Waals surface area contributed by atoms with Crippen molar-refractivity contribution in [3.8, 4) is 0 Å². The van der Waals surface area contributed by atoms with Gasteiger partial charge in [-0.05, 0) is 24.6 Å². The summed E-state index contributed by atoms with van der Waals surface area (Å²) in [5.41, 5.74) is 2.40. The van der Waals surface area contributed by atoms with E-state index in [0.29, 0.717) is 0 Å². The maximum Gasteiger partial charge on any atom is 0.163 e. The predicted octanol–water partition coefficient (Wildman–Crippen LogP) is 2.14. The quantitative estimate of drug-likeness (QED) is 0.755. The van der Waals surface area contributed by atoms with Gasteiger partial charge in [0.1, 0.15) is 11.3 Å². The summed E-state index contributed by atoms with van der Waals surface area (Å²) in [5.74, 6) is 0.831. The van der Waals surface area contributed by atoms with Crippen molar-refractivity contribution >= 4 is 23.3 Å². The Morgan fingerprint density at radius 2 is 2.00 bits per heavy atom. The molecule has 0 saturated carbocycles. The van der Waals surface area contributed by atoms with Gasteiger partial charge in [0.25, 0.3) is 0 Å². The van der Waals surface area contributed by atoms with Crippen molar-refractivity contribution in [2.24, 2.45) is 0 Å². The van der Waals surface area contributed by atoms with Crippen molar-refractivity contribution in [1.29, 1.82) is 0 Å². The van der Waals surface area contributed by atoms with Gasteiger partial charge < -0.3 is 10.4 Å². The third kappa shape index (κ3) is 3.25. The molecule has 126 valence electrons. The zero-order chi connectivity index (χ0) is 16.5. The Bertz CT molecular complexity index is 731. The Kier molecular flexibility index (Phi) is 4.41. The second kappa shape index (κ2) is 6.68. The van der Waals surface area contributed by atoms with Crippen LogP contribution in [-0.4, -0.2) is 57.3 Å². The molecule has 1 saturated heterocycles. The van der Waals surface area contributed by atoms with Gasteiger partial charge in [-0.15, -0.1) is 0 Å². The van der Waals surface area contributed by atoms with Crippen LogP contribution in [0.1, 0.15) is 12.5 Å². The number of hydrogen-bond donors (Lipinski definition) is 2. The van der Waals surface area contributed by atoms with Crippen LogP contribution in [-0.2, 0) is 6.54 Å². The molecule has 0 spiro atoms. The van der Waals surface area contributed by atoms with Crippen LogP contribution in [0.4, 0.5) is 11.5 Å². The summed E-state index contributed by atoms with van der Waals surface area (Å²) < 4.78 is 0. The third-order valence-electron chi connectivity index (χ3n) is 4.51. The number of nitrogens with zero attached hydrogens (tertiary/aromatic N) is 4. The molecule has 2 aliphatic heterocycles. The van der Waals surface area contributed by atoms with Gasteiger partial charge in [0, 0.05) is 50.0 Å². The lowest BCUT2D eigenvalue weighted by Crippen LogP contribution is -2.49. The van der Waals surface area contributed by atoms with Gasteiger partial charge in [0.05, 0.1) is 5.69 Å². The van der Waals surface area contributed by atoms with Crippen molar-refractivity contribution in [2.45, 2.75) is 29.6 Å². The molecule has 0 aliphatic carbocycles. The van der Waals surface area contributed by atoms with Gasteiger partial charge in [-0.2, -0.15) is 0 Å². The zero-order valence-corrected chi connectivity index (χ0v) is 14.5. The molecule has 3 heterocycles. The van der Waals surface area contributed by atoms with E-state index in [4.69, 9.17) is 0 Å². The first-order valence-electron chi connectivity index (χ1n) is 8.22. The minimum atomic E-state index is -0.349. The molecule has 24 heavy (non-hydrogen) atoms. The van der Waals surface area contributed by atoms with E-state index >= 15 is 0 Å². The molecule has 0 radical (unpaired) electrons. The molecule has 6 nitrogen and oxygen atoms in total. The lowest BCUT2D eigenvalue weighted by Gasteiger charge is -2.36. The molecule has 2 aliphatic rings. The number of aliphatic hydroxyl groups is 1. The summed E-state index contributed by atoms with van der Waals surface area (Å²) in [7, 11) is 0. The molecule has 0 amide bonds. The largest absolute Gasteiger partial charge is 0.379 e. The molecule has 1 atom stereocenters. The van der Waals surface area contributed by atoms with Crippen LogP contribution in [0.25, 0.3) is 0 Å². The van der Waals surface area contributed by atoms with E-state index in [1.54, 1.807) is 24.2 Å². The van der Waals surface area contributed by atoms with Gasteiger partial charge in [0.2, 0.25) is 0 Å². The van der Waals surface area contributed by atoms with E-state index in [9.17, 15) is 5.11 Å². The maximum atomic E-state index is 9.65. The lowest BCUT2D eigenvalue weighted by molar-refractivity contribution is -0.0141. The average Bonchev–Trinajstić information content (AvgIpc) is 2.60. The Morgan fingerprint density at radius 3 is 2.79 bits per heavy atom. The Balaban J connectivity index is 1.44. The van der Waals surface area contributed by atoms with Gasteiger partial charge >= 0.3 is 0 Å². The van der Waals surface area contributed by atoms with Gasteiger partial charge in [-0.3, -0.25) is 9.80 Å². The second-order valence-electron chi connectivity index (χ2n) is 6.21. The smallest absolute Gasteiger partial charge is 0.163 e. The summed E-state index contributed by atoms with van der Waals surface area (Å²) in [4.78, 5) is 14.4. The van der Waals surface area contributed by atoms with Crippen molar-refractivity contribution in [2.75, 3.05) is 31.5 Å². The number of nitrogens with one attached hydrogen (secondary N) is 1. The van der Waals surface area contributed by atoms with Crippen molar-refractivity contribution in [1.82, 2.24) is 19.8 Å². The van der Waals surface area contributed by atoms with E-state index < -0.39 is 0 Å². The first kappa shape index (κ1) is 15.8. The molecule has 0 unspecified atom stereocenters. The Labute approximate surface area is 145 Å². The molecule has 0 bridgehead atoms. The minimum Gasteiger partial charge on any atom is -0.379 e. The van der Waals surface area contributed by atoms with E-state index in [1.165, 1.54) is 10.5 Å². The zero-order valence-electron chi connectivity index (χ0n) is 13.6. The van der Waals surface area contributed by atoms with Crippen LogP contribution in [0.3, 0.4) is 0 Å². The number of aromatic nitrogens is 2. The van der Waals surface area contributed by atoms with Crippen LogP contribution >= 0.6 is 11.8 Å². The molecule has 1 fully saturated rings. The fourth-order valence-electron chi connectivity index (χ4n) is 3.13. The molecule has 1 aromatic carbocycles. The average molecular weight is 343 g/mol. The number of piperazine rings is 1. The third-order valence-corrected chi connectivity index (χ3v) is 5.58. The number of rotatable bonds is 3. The second-order valence-corrected chi connectivity index (χ2v) is 7.24. The van der Waals surface area contributed by atoms with Crippen LogP contribution < -0.4 is 5.32 Å². The summed E-state index contributed by atoms with van der Waals surface area (Å²) in [6, 6.07) is 6.56. The first-order chi connectivity index (χ1) is 11.7. The van der Waals surface area contributed by atoms with E-state index in [1.807, 2.05) is 6.92 Å². The number of hydrogen-bond acceptors (Lipinski definition) is 7. The van der Waals surface area contributed by atoms with Crippen molar-refractivity contribution in [3.05, 3.63) is 36.2 Å². The summed E-state index contributed by atoms with van der Waals surface area (Å²) >= 11 is 1.66. The monoisotopic (exact) mass is 343 g/mol. The highest BCUT2D eigenvalue weighted by molar-refractivity contribution is 7.99. The first-order valence-corrected chi connectivity index (χ1v) is 9.04. The molecule has 7 heteroatoms. The maximum absolute atomic E-state index is 9.65. The predicted molar refractivity (Wildman–Crippen MR) is 94.4 cm³/mol. The normalized spacial score (nSPS) is 19.2. The molecule has 1 aromatic heterocycles. The van der Waals surface area contributed by atoms with Crippen LogP contribution in [0.2, 0.25) is 0 Å². The fourth-order valence-corrected chi connectivity index (χ4v) is 4.01. The molecule has 2 N–H and O–H groups in total. The summed E-state index contributed by atoms with van der Waals surface area (Å²) in [6.07, 6.45) is 3.08. The topological polar surface area (TPSA) is 64.5 Å². The highest BCUT2D eigenvalue weighted by Gasteiger charge is 2.21. The van der Waals surface area contributed by atoms with E-state index in [2.05, 4.69) is 43.3 Å². The van der Waals surface area contributed by atoms with Crippen LogP contribution in [0.5, 0.6) is 0 Å². The lowest BCUT2D eigenvalue weighted by atomic mass is 10.1. The minimum absolute atomic E-state index is 0.349. The van der Waals surface area contributed by atoms with Crippen molar-refractivity contribution < 1.29 is 5.11 Å². The van der Waals surface area contributed by atoms with Crippen LogP contribution in [0, 0.1) is 0 Å². The summed E-state index contributed by atoms with van der Waals surface area (Å²) in [5, 5.41) is 14.0. The molecular formula is C17H21N5OS. The molecular weight excluding hydrogens is 322 g/mol. The van der Waals surface area contributed by atoms with Crippen LogP contribution in [0.15, 0.2) is 40.5 Å². The van der Waals surface area contributed by atoms with Gasteiger partial charge in [-0.1, -0.05) is 17.8 Å². The Hall–Kier alpha value is -1.67. The highest BCUT2D eigenvalue weighted by Crippen LogP contribution is 2.42. The standard InChI is InChI=1S/C17H21N5OS/c1-12(23)22-8-6-21(7-9-22)11-13-2-3-15-14(10-13)20-16-17(24-15)19-5-4-18-16/h2-5,10,12,23H,6-9,11H2,1H3,(H,18,20)/t12-/m0/s1. The molecule has 4 rings (SSSR count). The van der Waals surface area contributed by atoms with Gasteiger partial charge in [0.15, 0.2) is 5.82 Å². The molecule has 2 aromatic rings. The van der Waals surface area contributed by atoms with Crippen molar-refractivity contribution in [3.63, 3.8) is 0 Å². The SMILES string of the molecule is C[C@H](O)N1CCN(Cc2ccc3c(c2)Nc2nccnc2S3)CC1.